The molecular formula is C28H27BrN4O4. The number of carbonyl (C=O) groups excluding carboxylic acids is 1. The lowest BCUT2D eigenvalue weighted by Crippen LogP contribution is -2.32. The summed E-state index contributed by atoms with van der Waals surface area (Å²) in [4.78, 5) is 26.1. The zero-order chi connectivity index (χ0) is 26.5. The number of aliphatic hydroxyl groups excluding tert-OH is 1. The predicted octanol–water partition coefficient (Wildman–Crippen LogP) is 4.76. The number of anilines is 1. The summed E-state index contributed by atoms with van der Waals surface area (Å²) in [5.74, 6) is -0.531. The van der Waals surface area contributed by atoms with Crippen molar-refractivity contribution in [3.63, 3.8) is 0 Å². The molecule has 1 unspecified atom stereocenters. The molecular weight excluding hydrogens is 536 g/mol. The molecule has 1 atom stereocenters. The number of halogens is 1. The van der Waals surface area contributed by atoms with E-state index in [9.17, 15) is 20.1 Å². The molecule has 4 aromatic rings. The van der Waals surface area contributed by atoms with Crippen molar-refractivity contribution in [2.45, 2.75) is 12.6 Å². The second kappa shape index (κ2) is 11.4. The Morgan fingerprint density at radius 1 is 0.973 bits per heavy atom. The number of hydrogen-bond donors (Lipinski definition) is 3. The molecule has 9 heteroatoms. The van der Waals surface area contributed by atoms with Crippen LogP contribution in [0.2, 0.25) is 0 Å². The van der Waals surface area contributed by atoms with Gasteiger partial charge in [0, 0.05) is 36.9 Å². The third-order valence-electron chi connectivity index (χ3n) is 5.92. The molecule has 0 fully saturated rings. The van der Waals surface area contributed by atoms with Crippen molar-refractivity contribution in [1.29, 1.82) is 0 Å². The van der Waals surface area contributed by atoms with Crippen LogP contribution in [0, 0.1) is 0 Å². The fourth-order valence-corrected chi connectivity index (χ4v) is 4.37. The summed E-state index contributed by atoms with van der Waals surface area (Å²) in [5, 5.41) is 29.9. The first kappa shape index (κ1) is 26.1. The molecule has 1 heterocycles. The van der Waals surface area contributed by atoms with Crippen molar-refractivity contribution >= 4 is 27.8 Å². The van der Waals surface area contributed by atoms with Gasteiger partial charge in [0.1, 0.15) is 0 Å². The van der Waals surface area contributed by atoms with Crippen molar-refractivity contribution in [1.82, 2.24) is 14.9 Å². The highest BCUT2D eigenvalue weighted by atomic mass is 79.9. The van der Waals surface area contributed by atoms with Gasteiger partial charge < -0.3 is 25.1 Å². The van der Waals surface area contributed by atoms with Crippen molar-refractivity contribution < 1.29 is 20.1 Å². The Kier molecular flexibility index (Phi) is 8.05. The van der Waals surface area contributed by atoms with E-state index in [0.717, 1.165) is 15.6 Å². The van der Waals surface area contributed by atoms with E-state index in [1.54, 1.807) is 7.05 Å². The lowest BCUT2D eigenvalue weighted by Gasteiger charge is -2.23. The Balaban J connectivity index is 1.64. The summed E-state index contributed by atoms with van der Waals surface area (Å²) in [7, 11) is 3.47. The lowest BCUT2D eigenvalue weighted by atomic mass is 10.1. The number of aromatic hydroxyl groups is 2. The third kappa shape index (κ3) is 6.07. The number of phenols is 2. The van der Waals surface area contributed by atoms with Crippen LogP contribution in [0.3, 0.4) is 0 Å². The summed E-state index contributed by atoms with van der Waals surface area (Å²) in [5.41, 5.74) is 2.96. The van der Waals surface area contributed by atoms with Gasteiger partial charge in [0.25, 0.3) is 5.91 Å². The van der Waals surface area contributed by atoms with Crippen LogP contribution in [-0.4, -0.2) is 56.7 Å². The summed E-state index contributed by atoms with van der Waals surface area (Å²) in [6, 6.07) is 21.5. The van der Waals surface area contributed by atoms with E-state index in [1.165, 1.54) is 29.3 Å². The van der Waals surface area contributed by atoms with Gasteiger partial charge in [0.15, 0.2) is 11.5 Å². The van der Waals surface area contributed by atoms with Gasteiger partial charge in [-0.25, -0.2) is 9.97 Å². The highest BCUT2D eigenvalue weighted by molar-refractivity contribution is 9.10. The number of hydrogen-bond acceptors (Lipinski definition) is 7. The minimum absolute atomic E-state index is 0.0475. The average molecular weight is 563 g/mol. The monoisotopic (exact) mass is 562 g/mol. The van der Waals surface area contributed by atoms with Crippen LogP contribution in [0.5, 0.6) is 11.5 Å². The molecule has 0 aliphatic heterocycles. The maximum atomic E-state index is 13.5. The van der Waals surface area contributed by atoms with Crippen LogP contribution >= 0.6 is 15.9 Å². The minimum Gasteiger partial charge on any atom is -0.504 e. The first-order chi connectivity index (χ1) is 17.7. The number of amides is 1. The van der Waals surface area contributed by atoms with E-state index in [4.69, 9.17) is 4.98 Å². The summed E-state index contributed by atoms with van der Waals surface area (Å²) in [6.45, 7) is 0.545. The second-order valence-corrected chi connectivity index (χ2v) is 9.56. The van der Waals surface area contributed by atoms with Gasteiger partial charge in [-0.05, 0) is 29.3 Å². The largest absolute Gasteiger partial charge is 0.504 e. The van der Waals surface area contributed by atoms with Gasteiger partial charge in [0.05, 0.1) is 23.9 Å². The Bertz CT molecular complexity index is 1400. The van der Waals surface area contributed by atoms with Crippen LogP contribution in [0.1, 0.15) is 27.6 Å². The van der Waals surface area contributed by atoms with Crippen LogP contribution in [0.15, 0.2) is 83.5 Å². The number of carbonyl (C=O) groups is 1. The molecule has 0 saturated heterocycles. The molecule has 1 amide bonds. The molecule has 0 aliphatic carbocycles. The highest BCUT2D eigenvalue weighted by Gasteiger charge is 2.24. The number of aromatic nitrogens is 2. The Morgan fingerprint density at radius 2 is 1.68 bits per heavy atom. The Labute approximate surface area is 223 Å². The normalized spacial score (nSPS) is 11.7. The maximum absolute atomic E-state index is 13.5. The molecule has 0 spiro atoms. The van der Waals surface area contributed by atoms with Gasteiger partial charge in [-0.3, -0.25) is 4.79 Å². The molecule has 3 N–H and O–H groups in total. The minimum atomic E-state index is -1.08. The predicted molar refractivity (Wildman–Crippen MR) is 145 cm³/mol. The van der Waals surface area contributed by atoms with Crippen molar-refractivity contribution in [3.8, 4) is 22.8 Å². The number of aliphatic hydroxyl groups is 1. The zero-order valence-corrected chi connectivity index (χ0v) is 22.0. The standard InChI is InChI=1S/C28H27BrN4O4/c1-32(17-25(36)19-12-13-23(34)24(35)14-19)27(37)21-15-30-28(33(2)16-18-8-4-3-5-9-18)31-26(21)20-10-6-7-11-22(20)29/h3-15,25,34-36H,16-17H2,1-2H3. The van der Waals surface area contributed by atoms with Gasteiger partial charge in [-0.1, -0.05) is 70.5 Å². The number of nitrogens with zero attached hydrogens (tertiary/aromatic N) is 4. The quantitative estimate of drug-likeness (QED) is 0.265. The molecule has 0 saturated carbocycles. The summed E-state index contributed by atoms with van der Waals surface area (Å²) >= 11 is 3.57. The van der Waals surface area contributed by atoms with E-state index >= 15 is 0 Å². The molecule has 8 nitrogen and oxygen atoms in total. The smallest absolute Gasteiger partial charge is 0.257 e. The van der Waals surface area contributed by atoms with Crippen molar-refractivity contribution in [2.75, 3.05) is 25.5 Å². The molecule has 37 heavy (non-hydrogen) atoms. The fraction of sp³-hybridized carbons (Fsp3) is 0.179. The van der Waals surface area contributed by atoms with Gasteiger partial charge in [-0.2, -0.15) is 0 Å². The van der Waals surface area contributed by atoms with Crippen molar-refractivity contribution in [3.05, 3.63) is 100 Å². The van der Waals surface area contributed by atoms with E-state index < -0.39 is 6.10 Å². The summed E-state index contributed by atoms with van der Waals surface area (Å²) in [6.07, 6.45) is 0.431. The Hall–Kier alpha value is -3.95. The first-order valence-corrected chi connectivity index (χ1v) is 12.4. The van der Waals surface area contributed by atoms with Gasteiger partial charge in [-0.15, -0.1) is 0 Å². The number of rotatable bonds is 8. The number of phenolic OH excluding ortho intramolecular Hbond substituents is 2. The van der Waals surface area contributed by atoms with Crippen LogP contribution in [0.4, 0.5) is 5.95 Å². The van der Waals surface area contributed by atoms with Crippen LogP contribution < -0.4 is 4.90 Å². The van der Waals surface area contributed by atoms with E-state index in [-0.39, 0.29) is 29.5 Å². The maximum Gasteiger partial charge on any atom is 0.257 e. The SMILES string of the molecule is CN(CC(O)c1ccc(O)c(O)c1)C(=O)c1cnc(N(C)Cc2ccccc2)nc1-c1ccccc1Br. The topological polar surface area (TPSA) is 110 Å². The molecule has 0 radical (unpaired) electrons. The molecule has 0 aliphatic rings. The van der Waals surface area contributed by atoms with Crippen LogP contribution in [-0.2, 0) is 6.54 Å². The molecule has 1 aromatic heterocycles. The molecule has 190 valence electrons. The van der Waals surface area contributed by atoms with Crippen LogP contribution in [0.25, 0.3) is 11.3 Å². The molecule has 3 aromatic carbocycles. The third-order valence-corrected chi connectivity index (χ3v) is 6.61. The molecule has 4 rings (SSSR count). The second-order valence-electron chi connectivity index (χ2n) is 8.70. The van der Waals surface area contributed by atoms with Crippen molar-refractivity contribution in [2.24, 2.45) is 0 Å². The van der Waals surface area contributed by atoms with Gasteiger partial charge >= 0.3 is 0 Å². The number of likely N-dealkylation sites (N-methyl/N-ethyl adjacent to an activating group) is 1. The fourth-order valence-electron chi connectivity index (χ4n) is 3.90. The summed E-state index contributed by atoms with van der Waals surface area (Å²) < 4.78 is 0.779. The molecule has 0 bridgehead atoms. The van der Waals surface area contributed by atoms with Gasteiger partial charge in [0.2, 0.25) is 5.95 Å². The van der Waals surface area contributed by atoms with E-state index in [1.807, 2.05) is 66.5 Å². The Morgan fingerprint density at radius 3 is 2.38 bits per heavy atom. The number of benzene rings is 3. The zero-order valence-electron chi connectivity index (χ0n) is 20.4. The lowest BCUT2D eigenvalue weighted by molar-refractivity contribution is 0.0680. The van der Waals surface area contributed by atoms with E-state index in [0.29, 0.717) is 23.8 Å². The average Bonchev–Trinajstić information content (AvgIpc) is 2.90. The van der Waals surface area contributed by atoms with E-state index in [2.05, 4.69) is 20.9 Å². The first-order valence-electron chi connectivity index (χ1n) is 11.6. The highest BCUT2D eigenvalue weighted by Crippen LogP contribution is 2.32.